The fourth-order valence-corrected chi connectivity index (χ4v) is 4.09. The molecule has 1 saturated heterocycles. The number of rotatable bonds is 7. The first-order valence-corrected chi connectivity index (χ1v) is 10.0. The lowest BCUT2D eigenvalue weighted by Gasteiger charge is -2.13. The summed E-state index contributed by atoms with van der Waals surface area (Å²) < 4.78 is 38.3. The molecule has 0 amide bonds. The van der Waals surface area contributed by atoms with Crippen molar-refractivity contribution >= 4 is 33.1 Å². The van der Waals surface area contributed by atoms with Crippen LogP contribution in [0.5, 0.6) is 5.75 Å². The molecule has 1 fully saturated rings. The number of halogens is 1. The van der Waals surface area contributed by atoms with Crippen LogP contribution in [-0.2, 0) is 14.8 Å². The normalized spacial score (nSPS) is 17.1. The maximum Gasteiger partial charge on any atom is 0.266 e. The van der Waals surface area contributed by atoms with Gasteiger partial charge in [0.1, 0.15) is 16.5 Å². The second kappa shape index (κ2) is 8.11. The van der Waals surface area contributed by atoms with Crippen LogP contribution in [0.4, 0.5) is 11.5 Å². The third-order valence-electron chi connectivity index (χ3n) is 3.98. The number of hydrogen-bond acceptors (Lipinski definition) is 6. The van der Waals surface area contributed by atoms with E-state index in [1.54, 1.807) is 24.4 Å². The van der Waals surface area contributed by atoms with Crippen molar-refractivity contribution in [2.45, 2.75) is 23.8 Å². The average molecular weight is 398 g/mol. The van der Waals surface area contributed by atoms with E-state index in [1.807, 2.05) is 0 Å². The Morgan fingerprint density at radius 1 is 1.35 bits per heavy atom. The molecule has 1 aliphatic rings. The first-order valence-electron chi connectivity index (χ1n) is 8.16. The molecule has 1 unspecified atom stereocenters. The molecule has 3 rings (SSSR count). The molecular formula is C17H20ClN3O4S. The number of benzene rings is 1. The number of ether oxygens (including phenoxy) is 2. The van der Waals surface area contributed by atoms with Gasteiger partial charge in [0, 0.05) is 18.2 Å². The molecule has 2 N–H and O–H groups in total. The fourth-order valence-electron chi connectivity index (χ4n) is 2.65. The molecule has 26 heavy (non-hydrogen) atoms. The van der Waals surface area contributed by atoms with Crippen molar-refractivity contribution in [3.8, 4) is 5.75 Å². The van der Waals surface area contributed by atoms with Crippen molar-refractivity contribution in [3.63, 3.8) is 0 Å². The highest BCUT2D eigenvalue weighted by Gasteiger charge is 2.21. The van der Waals surface area contributed by atoms with Gasteiger partial charge < -0.3 is 14.8 Å². The SMILES string of the molecule is COc1ccc(Cl)cc1S(=O)(=O)Nc1ccc(NCC2CCCO2)cn1. The number of methoxy groups -OCH3 is 1. The number of anilines is 2. The predicted octanol–water partition coefficient (Wildman–Crippen LogP) is 3.14. The first kappa shape index (κ1) is 18.8. The largest absolute Gasteiger partial charge is 0.495 e. The number of sulfonamides is 1. The van der Waals surface area contributed by atoms with E-state index in [-0.39, 0.29) is 22.6 Å². The Hall–Kier alpha value is -2.03. The first-order chi connectivity index (χ1) is 12.5. The van der Waals surface area contributed by atoms with Gasteiger partial charge in [-0.2, -0.15) is 0 Å². The summed E-state index contributed by atoms with van der Waals surface area (Å²) in [7, 11) is -2.48. The number of nitrogens with zero attached hydrogens (tertiary/aromatic N) is 1. The van der Waals surface area contributed by atoms with E-state index >= 15 is 0 Å². The summed E-state index contributed by atoms with van der Waals surface area (Å²) in [6, 6.07) is 7.75. The molecule has 2 heterocycles. The Labute approximate surface area is 157 Å². The lowest BCUT2D eigenvalue weighted by molar-refractivity contribution is 0.120. The minimum absolute atomic E-state index is 0.0464. The molecule has 0 spiro atoms. The summed E-state index contributed by atoms with van der Waals surface area (Å²) >= 11 is 5.91. The summed E-state index contributed by atoms with van der Waals surface area (Å²) in [6.45, 7) is 1.50. The van der Waals surface area contributed by atoms with Crippen LogP contribution in [0.3, 0.4) is 0 Å². The Balaban J connectivity index is 1.68. The topological polar surface area (TPSA) is 89.6 Å². The van der Waals surface area contributed by atoms with Crippen molar-refractivity contribution in [2.24, 2.45) is 0 Å². The van der Waals surface area contributed by atoms with Crippen molar-refractivity contribution in [2.75, 3.05) is 30.3 Å². The summed E-state index contributed by atoms with van der Waals surface area (Å²) in [6.07, 6.45) is 3.91. The zero-order chi connectivity index (χ0) is 18.6. The van der Waals surface area contributed by atoms with E-state index in [2.05, 4.69) is 15.0 Å². The van der Waals surface area contributed by atoms with E-state index in [0.29, 0.717) is 11.6 Å². The zero-order valence-electron chi connectivity index (χ0n) is 14.2. The third kappa shape index (κ3) is 4.57. The maximum atomic E-state index is 12.6. The number of hydrogen-bond donors (Lipinski definition) is 2. The van der Waals surface area contributed by atoms with Crippen LogP contribution >= 0.6 is 11.6 Å². The van der Waals surface area contributed by atoms with Crippen LogP contribution in [-0.4, -0.2) is 39.8 Å². The quantitative estimate of drug-likeness (QED) is 0.746. The van der Waals surface area contributed by atoms with Crippen LogP contribution in [0.2, 0.25) is 5.02 Å². The van der Waals surface area contributed by atoms with Gasteiger partial charge in [-0.3, -0.25) is 4.72 Å². The molecule has 0 radical (unpaired) electrons. The number of aromatic nitrogens is 1. The summed E-state index contributed by atoms with van der Waals surface area (Å²) in [4.78, 5) is 4.10. The summed E-state index contributed by atoms with van der Waals surface area (Å²) in [5, 5.41) is 3.53. The third-order valence-corrected chi connectivity index (χ3v) is 5.59. The molecule has 140 valence electrons. The van der Waals surface area contributed by atoms with Gasteiger partial charge >= 0.3 is 0 Å². The van der Waals surface area contributed by atoms with Crippen molar-refractivity contribution in [3.05, 3.63) is 41.6 Å². The Kier molecular flexibility index (Phi) is 5.85. The lowest BCUT2D eigenvalue weighted by atomic mass is 10.2. The van der Waals surface area contributed by atoms with Crippen molar-refractivity contribution in [1.29, 1.82) is 0 Å². The highest BCUT2D eigenvalue weighted by molar-refractivity contribution is 7.92. The monoisotopic (exact) mass is 397 g/mol. The smallest absolute Gasteiger partial charge is 0.266 e. The minimum Gasteiger partial charge on any atom is -0.495 e. The molecular weight excluding hydrogens is 378 g/mol. The minimum atomic E-state index is -3.88. The van der Waals surface area contributed by atoms with E-state index in [4.69, 9.17) is 21.1 Å². The van der Waals surface area contributed by atoms with Crippen LogP contribution in [0.1, 0.15) is 12.8 Å². The highest BCUT2D eigenvalue weighted by Crippen LogP contribution is 2.28. The molecule has 2 aromatic rings. The van der Waals surface area contributed by atoms with Crippen LogP contribution in [0.25, 0.3) is 0 Å². The van der Waals surface area contributed by atoms with Gasteiger partial charge in [-0.15, -0.1) is 0 Å². The molecule has 1 aromatic carbocycles. The summed E-state index contributed by atoms with van der Waals surface area (Å²) in [5.41, 5.74) is 0.795. The second-order valence-corrected chi connectivity index (χ2v) is 7.94. The van der Waals surface area contributed by atoms with Crippen LogP contribution in [0, 0.1) is 0 Å². The van der Waals surface area contributed by atoms with E-state index in [1.165, 1.54) is 19.2 Å². The molecule has 0 aliphatic carbocycles. The van der Waals surface area contributed by atoms with Gasteiger partial charge in [0.15, 0.2) is 0 Å². The van der Waals surface area contributed by atoms with E-state index < -0.39 is 10.0 Å². The molecule has 0 bridgehead atoms. The standard InChI is InChI=1S/C17H20ClN3O4S/c1-24-15-6-4-12(18)9-16(15)26(22,23)21-17-7-5-13(10-20-17)19-11-14-3-2-8-25-14/h4-7,9-10,14,19H,2-3,8,11H2,1H3,(H,20,21). The van der Waals surface area contributed by atoms with Crippen molar-refractivity contribution in [1.82, 2.24) is 4.98 Å². The van der Waals surface area contributed by atoms with Gasteiger partial charge in [0.05, 0.1) is 25.1 Å². The summed E-state index contributed by atoms with van der Waals surface area (Å²) in [5.74, 6) is 0.409. The predicted molar refractivity (Wildman–Crippen MR) is 101 cm³/mol. The molecule has 7 nitrogen and oxygen atoms in total. The van der Waals surface area contributed by atoms with Gasteiger partial charge in [-0.25, -0.2) is 13.4 Å². The maximum absolute atomic E-state index is 12.6. The second-order valence-electron chi connectivity index (χ2n) is 5.85. The lowest BCUT2D eigenvalue weighted by Crippen LogP contribution is -2.18. The molecule has 1 atom stereocenters. The van der Waals surface area contributed by atoms with E-state index in [0.717, 1.165) is 25.1 Å². The van der Waals surface area contributed by atoms with Gasteiger partial charge in [0.25, 0.3) is 10.0 Å². The zero-order valence-corrected chi connectivity index (χ0v) is 15.8. The van der Waals surface area contributed by atoms with E-state index in [9.17, 15) is 8.42 Å². The Morgan fingerprint density at radius 3 is 2.85 bits per heavy atom. The van der Waals surface area contributed by atoms with Gasteiger partial charge in [-0.05, 0) is 43.2 Å². The highest BCUT2D eigenvalue weighted by atomic mass is 35.5. The van der Waals surface area contributed by atoms with Crippen LogP contribution in [0.15, 0.2) is 41.4 Å². The molecule has 9 heteroatoms. The molecule has 0 saturated carbocycles. The molecule has 1 aromatic heterocycles. The Bertz CT molecular complexity index is 853. The van der Waals surface area contributed by atoms with Gasteiger partial charge in [-0.1, -0.05) is 11.6 Å². The van der Waals surface area contributed by atoms with Crippen LogP contribution < -0.4 is 14.8 Å². The molecule has 1 aliphatic heterocycles. The number of pyridine rings is 1. The average Bonchev–Trinajstić information content (AvgIpc) is 3.14. The fraction of sp³-hybridized carbons (Fsp3) is 0.353. The Morgan fingerprint density at radius 2 is 2.19 bits per heavy atom. The van der Waals surface area contributed by atoms with Gasteiger partial charge in [0.2, 0.25) is 0 Å². The van der Waals surface area contributed by atoms with Crippen molar-refractivity contribution < 1.29 is 17.9 Å². The number of nitrogens with one attached hydrogen (secondary N) is 2.